The van der Waals surface area contributed by atoms with E-state index in [1.54, 1.807) is 0 Å². The molecule has 0 aliphatic rings. The Hall–Kier alpha value is -1.33. The summed E-state index contributed by atoms with van der Waals surface area (Å²) in [6, 6.07) is 0.0805. The Morgan fingerprint density at radius 3 is 2.53 bits per heavy atom. The van der Waals surface area contributed by atoms with Gasteiger partial charge in [-0.15, -0.1) is 0 Å². The van der Waals surface area contributed by atoms with Gasteiger partial charge in [0.15, 0.2) is 17.3 Å². The molecule has 6 heteroatoms. The molecular formula is C9H9ClFNO3. The lowest BCUT2D eigenvalue weighted by molar-refractivity contribution is 0.0964. The molecule has 0 aliphatic heterocycles. The van der Waals surface area contributed by atoms with E-state index in [1.807, 2.05) is 0 Å². The number of rotatable bonds is 2. The second kappa shape index (κ2) is 4.04. The summed E-state index contributed by atoms with van der Waals surface area (Å²) in [7, 11) is 0. The van der Waals surface area contributed by atoms with Gasteiger partial charge in [-0.25, -0.2) is 0 Å². The largest absolute Gasteiger partial charge is 0.504 e. The summed E-state index contributed by atoms with van der Waals surface area (Å²) in [5, 5.41) is 17.9. The van der Waals surface area contributed by atoms with Gasteiger partial charge in [-0.2, -0.15) is 4.39 Å². The van der Waals surface area contributed by atoms with Crippen LogP contribution in [0.15, 0.2) is 6.07 Å². The lowest BCUT2D eigenvalue weighted by atomic mass is 10.0. The third-order valence-electron chi connectivity index (χ3n) is 1.85. The van der Waals surface area contributed by atoms with Crippen molar-refractivity contribution in [3.05, 3.63) is 22.5 Å². The minimum atomic E-state index is -1.33. The summed E-state index contributed by atoms with van der Waals surface area (Å²) in [5.41, 5.74) is 4.94. The smallest absolute Gasteiger partial charge is 0.208 e. The summed E-state index contributed by atoms with van der Waals surface area (Å²) >= 11 is 5.45. The molecule has 0 aromatic heterocycles. The first-order valence-corrected chi connectivity index (χ1v) is 4.43. The number of phenolic OH excluding ortho intramolecular Hbond substituents is 2. The van der Waals surface area contributed by atoms with E-state index in [9.17, 15) is 14.3 Å². The van der Waals surface area contributed by atoms with Crippen molar-refractivity contribution in [3.8, 4) is 11.5 Å². The van der Waals surface area contributed by atoms with Gasteiger partial charge in [-0.05, 0) is 13.0 Å². The van der Waals surface area contributed by atoms with Crippen molar-refractivity contribution in [2.75, 3.05) is 0 Å². The Kier molecular flexibility index (Phi) is 3.16. The molecule has 0 spiro atoms. The zero-order valence-electron chi connectivity index (χ0n) is 7.79. The van der Waals surface area contributed by atoms with Crippen molar-refractivity contribution in [2.24, 2.45) is 5.73 Å². The van der Waals surface area contributed by atoms with Gasteiger partial charge in [0.05, 0.1) is 16.6 Å². The first-order valence-electron chi connectivity index (χ1n) is 4.06. The summed E-state index contributed by atoms with van der Waals surface area (Å²) in [4.78, 5) is 11.4. The molecule has 15 heavy (non-hydrogen) atoms. The SMILES string of the molecule is CC(N)C(=O)c1cc(Cl)c(O)c(F)c1O. The summed E-state index contributed by atoms with van der Waals surface area (Å²) < 4.78 is 13.1. The molecular weight excluding hydrogens is 225 g/mol. The van der Waals surface area contributed by atoms with Crippen molar-refractivity contribution in [2.45, 2.75) is 13.0 Å². The van der Waals surface area contributed by atoms with Crippen molar-refractivity contribution < 1.29 is 19.4 Å². The molecule has 1 aromatic rings. The van der Waals surface area contributed by atoms with E-state index in [0.717, 1.165) is 6.07 Å². The van der Waals surface area contributed by atoms with Gasteiger partial charge in [0.25, 0.3) is 0 Å². The molecule has 0 saturated carbocycles. The Bertz CT molecular complexity index is 420. The highest BCUT2D eigenvalue weighted by molar-refractivity contribution is 6.32. The Balaban J connectivity index is 3.39. The van der Waals surface area contributed by atoms with Crippen LogP contribution in [0.2, 0.25) is 5.02 Å². The maximum Gasteiger partial charge on any atom is 0.208 e. The van der Waals surface area contributed by atoms with Crippen LogP contribution >= 0.6 is 11.6 Å². The average Bonchev–Trinajstić information content (AvgIpc) is 2.19. The zero-order chi connectivity index (χ0) is 11.7. The van der Waals surface area contributed by atoms with Gasteiger partial charge in [0, 0.05) is 0 Å². The molecule has 0 radical (unpaired) electrons. The topological polar surface area (TPSA) is 83.6 Å². The van der Waals surface area contributed by atoms with E-state index >= 15 is 0 Å². The Labute approximate surface area is 90.1 Å². The van der Waals surface area contributed by atoms with Gasteiger partial charge in [-0.3, -0.25) is 4.79 Å². The number of phenols is 2. The second-order valence-electron chi connectivity index (χ2n) is 3.07. The fourth-order valence-electron chi connectivity index (χ4n) is 1.03. The summed E-state index contributed by atoms with van der Waals surface area (Å²) in [6.45, 7) is 1.39. The average molecular weight is 234 g/mol. The molecule has 4 nitrogen and oxygen atoms in total. The molecule has 0 fully saturated rings. The number of carbonyl (C=O) groups excluding carboxylic acids is 1. The molecule has 1 unspecified atom stereocenters. The molecule has 82 valence electrons. The quantitative estimate of drug-likeness (QED) is 0.675. The van der Waals surface area contributed by atoms with Crippen LogP contribution in [0.3, 0.4) is 0 Å². The number of carbonyl (C=O) groups is 1. The molecule has 1 atom stereocenters. The molecule has 0 bridgehead atoms. The van der Waals surface area contributed by atoms with Gasteiger partial charge in [-0.1, -0.05) is 11.6 Å². The number of aromatic hydroxyl groups is 2. The van der Waals surface area contributed by atoms with Crippen LogP contribution in [-0.4, -0.2) is 22.0 Å². The van der Waals surface area contributed by atoms with Crippen LogP contribution in [0.4, 0.5) is 4.39 Å². The van der Waals surface area contributed by atoms with Crippen molar-refractivity contribution in [3.63, 3.8) is 0 Å². The molecule has 0 amide bonds. The number of benzene rings is 1. The lowest BCUT2D eigenvalue weighted by Crippen LogP contribution is -2.26. The number of Topliss-reactive ketones (excluding diaryl/α,β-unsaturated/α-hetero) is 1. The predicted molar refractivity (Wildman–Crippen MR) is 52.7 cm³/mol. The van der Waals surface area contributed by atoms with Crippen LogP contribution in [-0.2, 0) is 0 Å². The third-order valence-corrected chi connectivity index (χ3v) is 2.14. The Morgan fingerprint density at radius 2 is 2.07 bits per heavy atom. The molecule has 1 rings (SSSR count). The van der Waals surface area contributed by atoms with Crippen LogP contribution in [0, 0.1) is 5.82 Å². The van der Waals surface area contributed by atoms with Crippen LogP contribution < -0.4 is 5.73 Å². The van der Waals surface area contributed by atoms with Gasteiger partial charge in [0.2, 0.25) is 5.82 Å². The number of ketones is 1. The van der Waals surface area contributed by atoms with E-state index in [-0.39, 0.29) is 10.6 Å². The van der Waals surface area contributed by atoms with E-state index in [0.29, 0.717) is 0 Å². The highest BCUT2D eigenvalue weighted by atomic mass is 35.5. The standard InChI is InChI=1S/C9H9ClFNO3/c1-3(12)7(13)4-2-5(10)9(15)6(11)8(4)14/h2-3,14-15H,12H2,1H3. The van der Waals surface area contributed by atoms with Crippen molar-refractivity contribution >= 4 is 17.4 Å². The van der Waals surface area contributed by atoms with E-state index in [2.05, 4.69) is 0 Å². The van der Waals surface area contributed by atoms with Crippen LogP contribution in [0.5, 0.6) is 11.5 Å². The third kappa shape index (κ3) is 2.03. The second-order valence-corrected chi connectivity index (χ2v) is 3.48. The molecule has 0 aliphatic carbocycles. The fraction of sp³-hybridized carbons (Fsp3) is 0.222. The highest BCUT2D eigenvalue weighted by Gasteiger charge is 2.22. The number of hydrogen-bond acceptors (Lipinski definition) is 4. The van der Waals surface area contributed by atoms with Crippen LogP contribution in [0.25, 0.3) is 0 Å². The van der Waals surface area contributed by atoms with E-state index < -0.39 is 29.1 Å². The van der Waals surface area contributed by atoms with Crippen molar-refractivity contribution in [1.82, 2.24) is 0 Å². The minimum absolute atomic E-state index is 0.342. The van der Waals surface area contributed by atoms with Gasteiger partial charge < -0.3 is 15.9 Å². The first kappa shape index (κ1) is 11.7. The minimum Gasteiger partial charge on any atom is -0.504 e. The Morgan fingerprint density at radius 1 is 1.53 bits per heavy atom. The maximum absolute atomic E-state index is 13.1. The molecule has 0 heterocycles. The highest BCUT2D eigenvalue weighted by Crippen LogP contribution is 2.35. The van der Waals surface area contributed by atoms with E-state index in [1.165, 1.54) is 6.92 Å². The number of halogens is 2. The summed E-state index contributed by atoms with van der Waals surface area (Å²) in [5.74, 6) is -3.82. The predicted octanol–water partition coefficient (Wildman–Crippen LogP) is 1.42. The monoisotopic (exact) mass is 233 g/mol. The molecule has 4 N–H and O–H groups in total. The normalized spacial score (nSPS) is 12.5. The summed E-state index contributed by atoms with van der Waals surface area (Å²) in [6.07, 6.45) is 0. The van der Waals surface area contributed by atoms with Crippen molar-refractivity contribution in [1.29, 1.82) is 0 Å². The van der Waals surface area contributed by atoms with Gasteiger partial charge >= 0.3 is 0 Å². The number of nitrogens with two attached hydrogens (primary N) is 1. The zero-order valence-corrected chi connectivity index (χ0v) is 8.55. The lowest BCUT2D eigenvalue weighted by Gasteiger charge is -2.09. The fourth-order valence-corrected chi connectivity index (χ4v) is 1.22. The molecule has 1 aromatic carbocycles. The van der Waals surface area contributed by atoms with E-state index in [4.69, 9.17) is 22.4 Å². The first-order chi connectivity index (χ1) is 6.86. The molecule has 0 saturated heterocycles. The number of hydrogen-bond donors (Lipinski definition) is 3. The maximum atomic E-state index is 13.1. The van der Waals surface area contributed by atoms with Gasteiger partial charge in [0.1, 0.15) is 0 Å². The van der Waals surface area contributed by atoms with Crippen LogP contribution in [0.1, 0.15) is 17.3 Å².